The zero-order valence-corrected chi connectivity index (χ0v) is 24.0. The molecule has 38 heavy (non-hydrogen) atoms. The summed E-state index contributed by atoms with van der Waals surface area (Å²) in [6.07, 6.45) is 10.3. The van der Waals surface area contributed by atoms with Gasteiger partial charge in [0.1, 0.15) is 0 Å². The van der Waals surface area contributed by atoms with Crippen LogP contribution in [-0.4, -0.2) is 5.91 Å². The maximum Gasteiger partial charge on any atom is 0.227 e. The highest BCUT2D eigenvalue weighted by molar-refractivity contribution is 5.94. The highest BCUT2D eigenvalue weighted by atomic mass is 16.1. The molecule has 3 aromatic rings. The van der Waals surface area contributed by atoms with Crippen LogP contribution in [0.5, 0.6) is 0 Å². The van der Waals surface area contributed by atoms with E-state index in [1.807, 2.05) is 0 Å². The van der Waals surface area contributed by atoms with Crippen LogP contribution in [0.4, 0.5) is 5.69 Å². The third kappa shape index (κ3) is 6.95. The van der Waals surface area contributed by atoms with Crippen LogP contribution in [0.15, 0.2) is 72.8 Å². The van der Waals surface area contributed by atoms with E-state index >= 15 is 0 Å². The van der Waals surface area contributed by atoms with Crippen molar-refractivity contribution in [1.29, 1.82) is 0 Å². The molecule has 1 aliphatic carbocycles. The van der Waals surface area contributed by atoms with Crippen LogP contribution in [0.3, 0.4) is 0 Å². The highest BCUT2D eigenvalue weighted by Gasteiger charge is 2.38. The first-order chi connectivity index (χ1) is 18.5. The van der Waals surface area contributed by atoms with Crippen molar-refractivity contribution in [2.75, 3.05) is 5.32 Å². The van der Waals surface area contributed by atoms with E-state index in [1.54, 1.807) is 0 Å². The monoisotopic (exact) mass is 509 g/mol. The second kappa shape index (κ2) is 13.8. The van der Waals surface area contributed by atoms with Gasteiger partial charge in [0.2, 0.25) is 5.91 Å². The fourth-order valence-electron chi connectivity index (χ4n) is 6.86. The summed E-state index contributed by atoms with van der Waals surface area (Å²) in [5, 5.41) is 3.39. The number of hydrogen-bond donors (Lipinski definition) is 1. The first kappa shape index (κ1) is 28.1. The Labute approximate surface area is 231 Å². The number of aryl methyl sites for hydroxylation is 4. The largest absolute Gasteiger partial charge is 0.325 e. The van der Waals surface area contributed by atoms with Gasteiger partial charge >= 0.3 is 0 Å². The summed E-state index contributed by atoms with van der Waals surface area (Å²) in [6.45, 7) is 8.62. The molecule has 0 saturated heterocycles. The van der Waals surface area contributed by atoms with Crippen molar-refractivity contribution in [1.82, 2.24) is 0 Å². The van der Waals surface area contributed by atoms with Crippen LogP contribution in [-0.2, 0) is 17.6 Å². The number of rotatable bonds is 9. The van der Waals surface area contributed by atoms with Gasteiger partial charge in [-0.05, 0) is 97.9 Å². The number of anilines is 1. The third-order valence-corrected chi connectivity index (χ3v) is 9.07. The summed E-state index contributed by atoms with van der Waals surface area (Å²) >= 11 is 0. The summed E-state index contributed by atoms with van der Waals surface area (Å²) in [7, 11) is 0. The van der Waals surface area contributed by atoms with Crippen LogP contribution in [0, 0.1) is 31.6 Å². The predicted molar refractivity (Wildman–Crippen MR) is 162 cm³/mol. The van der Waals surface area contributed by atoms with E-state index in [2.05, 4.69) is 106 Å². The van der Waals surface area contributed by atoms with Gasteiger partial charge < -0.3 is 5.32 Å². The zero-order valence-electron chi connectivity index (χ0n) is 24.0. The second-order valence-electron chi connectivity index (χ2n) is 11.5. The standard InChI is InChI=1S/C36H47NO/c1-5-28-20-22-29(23-21-28)24-25-34-32(30-16-9-7-10-17-30)18-11-8-12-19-33(34)31(6-2)36(38)37-35-26(3)14-13-15-27(35)4/h7,9-10,13-17,20-23,31-34H,5-6,8,11-12,18-19,24-25H2,1-4H3,(H,37,38). The van der Waals surface area contributed by atoms with Gasteiger partial charge in [-0.15, -0.1) is 0 Å². The Balaban J connectivity index is 1.65. The lowest BCUT2D eigenvalue weighted by molar-refractivity contribution is -0.122. The van der Waals surface area contributed by atoms with Crippen molar-refractivity contribution in [3.05, 3.63) is 101 Å². The molecule has 0 spiro atoms. The molecule has 4 atom stereocenters. The average Bonchev–Trinajstić information content (AvgIpc) is 2.93. The second-order valence-corrected chi connectivity index (χ2v) is 11.5. The van der Waals surface area contributed by atoms with Gasteiger partial charge in [0.15, 0.2) is 0 Å². The maximum absolute atomic E-state index is 14.0. The molecule has 4 unspecified atom stereocenters. The molecular weight excluding hydrogens is 462 g/mol. The van der Waals surface area contributed by atoms with Gasteiger partial charge in [-0.25, -0.2) is 0 Å². The summed E-state index contributed by atoms with van der Waals surface area (Å²) in [6, 6.07) is 26.6. The zero-order chi connectivity index (χ0) is 26.9. The fraction of sp³-hybridized carbons (Fsp3) is 0.472. The van der Waals surface area contributed by atoms with E-state index in [0.717, 1.165) is 48.9 Å². The van der Waals surface area contributed by atoms with Crippen LogP contribution < -0.4 is 5.32 Å². The van der Waals surface area contributed by atoms with E-state index < -0.39 is 0 Å². The van der Waals surface area contributed by atoms with E-state index in [0.29, 0.717) is 17.8 Å². The molecule has 1 N–H and O–H groups in total. The average molecular weight is 510 g/mol. The topological polar surface area (TPSA) is 29.1 Å². The normalized spacial score (nSPS) is 20.8. The Morgan fingerprint density at radius 2 is 1.47 bits per heavy atom. The quantitative estimate of drug-likeness (QED) is 0.306. The Bertz CT molecular complexity index is 1130. The molecule has 0 radical (unpaired) electrons. The van der Waals surface area contributed by atoms with Crippen LogP contribution in [0.2, 0.25) is 0 Å². The van der Waals surface area contributed by atoms with E-state index in [-0.39, 0.29) is 11.8 Å². The van der Waals surface area contributed by atoms with Crippen LogP contribution in [0.1, 0.15) is 92.5 Å². The first-order valence-electron chi connectivity index (χ1n) is 15.0. The van der Waals surface area contributed by atoms with E-state index in [4.69, 9.17) is 0 Å². The number of para-hydroxylation sites is 1. The molecule has 3 aromatic carbocycles. The minimum Gasteiger partial charge on any atom is -0.325 e. The Hall–Kier alpha value is -2.87. The van der Waals surface area contributed by atoms with Gasteiger partial charge in [0.25, 0.3) is 0 Å². The molecule has 1 saturated carbocycles. The number of nitrogens with one attached hydrogen (secondary N) is 1. The number of amides is 1. The molecule has 2 nitrogen and oxygen atoms in total. The first-order valence-corrected chi connectivity index (χ1v) is 15.0. The van der Waals surface area contributed by atoms with Crippen molar-refractivity contribution < 1.29 is 4.79 Å². The molecule has 202 valence electrons. The predicted octanol–water partition coefficient (Wildman–Crippen LogP) is 9.44. The molecule has 1 amide bonds. The molecule has 4 rings (SSSR count). The minimum absolute atomic E-state index is 0.0192. The van der Waals surface area contributed by atoms with Crippen LogP contribution in [0.25, 0.3) is 0 Å². The summed E-state index contributed by atoms with van der Waals surface area (Å²) in [5.41, 5.74) is 7.54. The van der Waals surface area contributed by atoms with E-state index in [9.17, 15) is 4.79 Å². The minimum atomic E-state index is 0.0192. The molecular formula is C36H47NO. The molecule has 2 heteroatoms. The summed E-state index contributed by atoms with van der Waals surface area (Å²) in [4.78, 5) is 14.0. The lowest BCUT2D eigenvalue weighted by atomic mass is 9.65. The Kier molecular flexibility index (Phi) is 10.2. The van der Waals surface area contributed by atoms with Crippen molar-refractivity contribution in [3.8, 4) is 0 Å². The smallest absolute Gasteiger partial charge is 0.227 e. The van der Waals surface area contributed by atoms with Gasteiger partial charge in [0, 0.05) is 11.6 Å². The lowest BCUT2D eigenvalue weighted by Crippen LogP contribution is -2.37. The number of carbonyl (C=O) groups excluding carboxylic acids is 1. The highest BCUT2D eigenvalue weighted by Crippen LogP contribution is 2.45. The van der Waals surface area contributed by atoms with Gasteiger partial charge in [0.05, 0.1) is 0 Å². The number of benzene rings is 3. The summed E-state index contributed by atoms with van der Waals surface area (Å²) in [5.74, 6) is 1.59. The fourth-order valence-corrected chi connectivity index (χ4v) is 6.86. The van der Waals surface area contributed by atoms with Crippen molar-refractivity contribution >= 4 is 11.6 Å². The lowest BCUT2D eigenvalue weighted by Gasteiger charge is -2.40. The molecule has 0 aromatic heterocycles. The maximum atomic E-state index is 14.0. The van der Waals surface area contributed by atoms with Gasteiger partial charge in [-0.3, -0.25) is 4.79 Å². The molecule has 0 aliphatic heterocycles. The molecule has 0 bridgehead atoms. The van der Waals surface area contributed by atoms with Crippen molar-refractivity contribution in [2.45, 2.75) is 91.4 Å². The molecule has 0 heterocycles. The SMILES string of the molecule is CCc1ccc(CCC2C(c3ccccc3)CCCCCC2C(CC)C(=O)Nc2c(C)cccc2C)cc1. The van der Waals surface area contributed by atoms with Crippen LogP contribution >= 0.6 is 0 Å². The van der Waals surface area contributed by atoms with Gasteiger partial charge in [-0.2, -0.15) is 0 Å². The summed E-state index contributed by atoms with van der Waals surface area (Å²) < 4.78 is 0. The number of hydrogen-bond acceptors (Lipinski definition) is 1. The van der Waals surface area contributed by atoms with Gasteiger partial charge in [-0.1, -0.05) is 106 Å². The molecule has 1 fully saturated rings. The number of carbonyl (C=O) groups is 1. The molecule has 1 aliphatic rings. The van der Waals surface area contributed by atoms with E-state index in [1.165, 1.54) is 42.4 Å². The third-order valence-electron chi connectivity index (χ3n) is 9.07. The van der Waals surface area contributed by atoms with Crippen molar-refractivity contribution in [2.24, 2.45) is 17.8 Å². The Morgan fingerprint density at radius 1 is 0.816 bits per heavy atom. The Morgan fingerprint density at radius 3 is 2.13 bits per heavy atom. The van der Waals surface area contributed by atoms with Crippen molar-refractivity contribution in [3.63, 3.8) is 0 Å².